The van der Waals surface area contributed by atoms with E-state index in [1.165, 1.54) is 0 Å². The van der Waals surface area contributed by atoms with Gasteiger partial charge >= 0.3 is 6.03 Å². The van der Waals surface area contributed by atoms with Crippen LogP contribution in [0.4, 0.5) is 4.79 Å². The van der Waals surface area contributed by atoms with Crippen molar-refractivity contribution in [2.45, 2.75) is 58.8 Å². The maximum absolute atomic E-state index is 12.5. The highest BCUT2D eigenvalue weighted by molar-refractivity contribution is 5.74. The summed E-state index contributed by atoms with van der Waals surface area (Å²) in [5.41, 5.74) is 0.982. The summed E-state index contributed by atoms with van der Waals surface area (Å²) in [7, 11) is 1.62. The molecule has 1 atom stereocenters. The van der Waals surface area contributed by atoms with Gasteiger partial charge in [0.15, 0.2) is 11.5 Å². The lowest BCUT2D eigenvalue weighted by atomic mass is 10.1. The van der Waals surface area contributed by atoms with Gasteiger partial charge in [-0.15, -0.1) is 0 Å². The van der Waals surface area contributed by atoms with Gasteiger partial charge in [-0.1, -0.05) is 6.07 Å². The first-order chi connectivity index (χ1) is 12.4. The molecule has 6 heteroatoms. The van der Waals surface area contributed by atoms with Crippen molar-refractivity contribution in [2.75, 3.05) is 26.8 Å². The molecule has 0 unspecified atom stereocenters. The molecule has 2 rings (SSSR count). The molecule has 0 radical (unpaired) electrons. The Hall–Kier alpha value is -1.95. The average molecular weight is 364 g/mol. The number of methoxy groups -OCH3 is 1. The van der Waals surface area contributed by atoms with Gasteiger partial charge in [0.1, 0.15) is 0 Å². The van der Waals surface area contributed by atoms with E-state index in [1.54, 1.807) is 7.11 Å². The van der Waals surface area contributed by atoms with Gasteiger partial charge in [-0.2, -0.15) is 0 Å². The number of piperidine rings is 1. The third-order valence-electron chi connectivity index (χ3n) is 4.52. The Bertz CT molecular complexity index is 583. The van der Waals surface area contributed by atoms with Crippen LogP contribution in [-0.2, 0) is 4.74 Å². The zero-order valence-corrected chi connectivity index (χ0v) is 16.6. The number of ether oxygens (including phenoxy) is 3. The predicted octanol–water partition coefficient (Wildman–Crippen LogP) is 3.75. The highest BCUT2D eigenvalue weighted by Crippen LogP contribution is 2.31. The van der Waals surface area contributed by atoms with Crippen molar-refractivity contribution in [3.8, 4) is 11.5 Å². The number of rotatable bonds is 7. The summed E-state index contributed by atoms with van der Waals surface area (Å²) >= 11 is 0. The monoisotopic (exact) mass is 364 g/mol. The third-order valence-corrected chi connectivity index (χ3v) is 4.52. The van der Waals surface area contributed by atoms with Crippen LogP contribution in [0.25, 0.3) is 0 Å². The molecule has 0 saturated carbocycles. The highest BCUT2D eigenvalue weighted by Gasteiger charge is 2.24. The van der Waals surface area contributed by atoms with Crippen LogP contribution in [0.3, 0.4) is 0 Å². The van der Waals surface area contributed by atoms with Gasteiger partial charge in [-0.05, 0) is 58.2 Å². The van der Waals surface area contributed by atoms with E-state index in [0.717, 1.165) is 38.1 Å². The number of nitrogens with one attached hydrogen (secondary N) is 1. The smallest absolute Gasteiger partial charge is 0.317 e. The first kappa shape index (κ1) is 20.4. The van der Waals surface area contributed by atoms with Crippen LogP contribution < -0.4 is 14.8 Å². The summed E-state index contributed by atoms with van der Waals surface area (Å²) in [5, 5.41) is 3.07. The van der Waals surface area contributed by atoms with Gasteiger partial charge in [0.25, 0.3) is 0 Å². The second kappa shape index (κ2) is 9.67. The topological polar surface area (TPSA) is 60.0 Å². The van der Waals surface area contributed by atoms with Crippen molar-refractivity contribution < 1.29 is 19.0 Å². The average Bonchev–Trinajstić information content (AvgIpc) is 2.62. The Balaban J connectivity index is 1.94. The van der Waals surface area contributed by atoms with E-state index in [1.807, 2.05) is 50.8 Å². The summed E-state index contributed by atoms with van der Waals surface area (Å²) in [5.74, 6) is 1.39. The first-order valence-electron chi connectivity index (χ1n) is 9.46. The largest absolute Gasteiger partial charge is 0.493 e. The van der Waals surface area contributed by atoms with Gasteiger partial charge in [0, 0.05) is 19.7 Å². The summed E-state index contributed by atoms with van der Waals surface area (Å²) in [6.45, 7) is 10.1. The van der Waals surface area contributed by atoms with Crippen LogP contribution in [0.1, 0.15) is 52.1 Å². The van der Waals surface area contributed by atoms with Crippen LogP contribution in [-0.4, -0.2) is 49.9 Å². The predicted molar refractivity (Wildman–Crippen MR) is 102 cm³/mol. The normalized spacial score (nSPS) is 16.5. The number of hydrogen-bond donors (Lipinski definition) is 1. The standard InChI is InChI=1S/C20H32N2O4/c1-6-25-17-9-11-22(12-10-17)20(23)21-15(4)16-7-8-18(26-14(2)3)19(13-16)24-5/h7-8,13-15,17H,6,9-12H2,1-5H3,(H,21,23)/t15-/m0/s1. The number of likely N-dealkylation sites (tertiary alicyclic amines) is 1. The van der Waals surface area contributed by atoms with Gasteiger partial charge in [0.2, 0.25) is 0 Å². The molecule has 26 heavy (non-hydrogen) atoms. The fourth-order valence-electron chi connectivity index (χ4n) is 3.13. The number of carbonyl (C=O) groups is 1. The van der Waals surface area contributed by atoms with Crippen molar-refractivity contribution in [1.29, 1.82) is 0 Å². The highest BCUT2D eigenvalue weighted by atomic mass is 16.5. The molecule has 0 spiro atoms. The lowest BCUT2D eigenvalue weighted by Gasteiger charge is -2.32. The van der Waals surface area contributed by atoms with E-state index < -0.39 is 0 Å². The third kappa shape index (κ3) is 5.53. The lowest BCUT2D eigenvalue weighted by Crippen LogP contribution is -2.46. The fourth-order valence-corrected chi connectivity index (χ4v) is 3.13. The van der Waals surface area contributed by atoms with E-state index in [-0.39, 0.29) is 24.3 Å². The molecule has 2 amide bonds. The van der Waals surface area contributed by atoms with Gasteiger partial charge in [-0.3, -0.25) is 0 Å². The van der Waals surface area contributed by atoms with Crippen LogP contribution >= 0.6 is 0 Å². The lowest BCUT2D eigenvalue weighted by molar-refractivity contribution is 0.0218. The summed E-state index contributed by atoms with van der Waals surface area (Å²) < 4.78 is 16.8. The molecule has 1 aromatic rings. The van der Waals surface area contributed by atoms with Gasteiger partial charge < -0.3 is 24.4 Å². The van der Waals surface area contributed by atoms with Gasteiger partial charge in [0.05, 0.1) is 25.4 Å². The number of benzene rings is 1. The molecule has 1 N–H and O–H groups in total. The Labute approximate surface area is 156 Å². The van der Waals surface area contributed by atoms with Gasteiger partial charge in [-0.25, -0.2) is 4.79 Å². The molecule has 1 aromatic carbocycles. The number of urea groups is 1. The molecule has 146 valence electrons. The maximum Gasteiger partial charge on any atom is 0.317 e. The molecular weight excluding hydrogens is 332 g/mol. The van der Waals surface area contributed by atoms with Crippen LogP contribution in [0.2, 0.25) is 0 Å². The fraction of sp³-hybridized carbons (Fsp3) is 0.650. The zero-order chi connectivity index (χ0) is 19.1. The maximum atomic E-state index is 12.5. The van der Waals surface area contributed by atoms with Crippen LogP contribution in [0.5, 0.6) is 11.5 Å². The molecule has 0 aliphatic carbocycles. The van der Waals surface area contributed by atoms with E-state index in [2.05, 4.69) is 5.32 Å². The molecular formula is C20H32N2O4. The molecule has 1 heterocycles. The zero-order valence-electron chi connectivity index (χ0n) is 16.6. The molecule has 1 saturated heterocycles. The van der Waals surface area contributed by atoms with Crippen molar-refractivity contribution >= 4 is 6.03 Å². The SMILES string of the molecule is CCOC1CCN(C(=O)N[C@@H](C)c2ccc(OC(C)C)c(OC)c2)CC1. The Kier molecular flexibility index (Phi) is 7.57. The molecule has 0 bridgehead atoms. The van der Waals surface area contributed by atoms with E-state index >= 15 is 0 Å². The Morgan fingerprint density at radius 1 is 1.23 bits per heavy atom. The van der Waals surface area contributed by atoms with Crippen LogP contribution in [0, 0.1) is 0 Å². The molecule has 1 aliphatic rings. The first-order valence-corrected chi connectivity index (χ1v) is 9.46. The number of nitrogens with zero attached hydrogens (tertiary/aromatic N) is 1. The van der Waals surface area contributed by atoms with Crippen molar-refractivity contribution in [1.82, 2.24) is 10.2 Å². The minimum atomic E-state index is -0.117. The summed E-state index contributed by atoms with van der Waals surface area (Å²) in [4.78, 5) is 14.4. The molecule has 1 aliphatic heterocycles. The quantitative estimate of drug-likeness (QED) is 0.800. The summed E-state index contributed by atoms with van der Waals surface area (Å²) in [6, 6.07) is 5.63. The molecule has 0 aromatic heterocycles. The number of carbonyl (C=O) groups excluding carboxylic acids is 1. The van der Waals surface area contributed by atoms with E-state index in [9.17, 15) is 4.79 Å². The van der Waals surface area contributed by atoms with Crippen LogP contribution in [0.15, 0.2) is 18.2 Å². The van der Waals surface area contributed by atoms with Crippen molar-refractivity contribution in [2.24, 2.45) is 0 Å². The summed E-state index contributed by atoms with van der Waals surface area (Å²) in [6.07, 6.45) is 2.14. The number of amides is 2. The Morgan fingerprint density at radius 2 is 1.92 bits per heavy atom. The molecule has 1 fully saturated rings. The van der Waals surface area contributed by atoms with Crippen molar-refractivity contribution in [3.63, 3.8) is 0 Å². The van der Waals surface area contributed by atoms with Crippen molar-refractivity contribution in [3.05, 3.63) is 23.8 Å². The number of hydrogen-bond acceptors (Lipinski definition) is 4. The minimum Gasteiger partial charge on any atom is -0.493 e. The second-order valence-electron chi connectivity index (χ2n) is 6.89. The minimum absolute atomic E-state index is 0.0334. The van der Waals surface area contributed by atoms with E-state index in [0.29, 0.717) is 11.5 Å². The van der Waals surface area contributed by atoms with E-state index in [4.69, 9.17) is 14.2 Å². The second-order valence-corrected chi connectivity index (χ2v) is 6.89. The molecule has 6 nitrogen and oxygen atoms in total. The Morgan fingerprint density at radius 3 is 2.50 bits per heavy atom.